The van der Waals surface area contributed by atoms with Crippen LogP contribution in [-0.4, -0.2) is 53.3 Å². The van der Waals surface area contributed by atoms with Gasteiger partial charge in [0.05, 0.1) is 13.7 Å². The fourth-order valence-corrected chi connectivity index (χ4v) is 3.87. The lowest BCUT2D eigenvalue weighted by atomic mass is 9.94. The molecule has 32 heavy (non-hydrogen) atoms. The molecular formula is C24H21N3O5. The molecule has 3 aromatic rings. The molecule has 0 spiro atoms. The van der Waals surface area contributed by atoms with Crippen molar-refractivity contribution in [3.05, 3.63) is 83.9 Å². The number of likely N-dealkylation sites (tertiary alicyclic amines) is 1. The SMILES string of the molecule is COC(=O)C(c1cccc2ccccc12)N1CC(NC(=O)/C(=N/O)c2ccccc2)C1=O. The maximum atomic E-state index is 12.9. The Hall–Kier alpha value is -4.20. The number of hydrogen-bond acceptors (Lipinski definition) is 6. The summed E-state index contributed by atoms with van der Waals surface area (Å²) in [5.41, 5.74) is 0.865. The lowest BCUT2D eigenvalue weighted by molar-refractivity contribution is -0.161. The van der Waals surface area contributed by atoms with Crippen molar-refractivity contribution in [2.45, 2.75) is 12.1 Å². The van der Waals surface area contributed by atoms with Gasteiger partial charge in [-0.25, -0.2) is 4.79 Å². The van der Waals surface area contributed by atoms with Gasteiger partial charge in [0.15, 0.2) is 11.8 Å². The fourth-order valence-electron chi connectivity index (χ4n) is 3.87. The van der Waals surface area contributed by atoms with Gasteiger partial charge in [-0.05, 0) is 16.3 Å². The van der Waals surface area contributed by atoms with Crippen LogP contribution in [0.1, 0.15) is 17.2 Å². The van der Waals surface area contributed by atoms with Gasteiger partial charge in [-0.3, -0.25) is 9.59 Å². The molecular weight excluding hydrogens is 410 g/mol. The molecule has 0 bridgehead atoms. The summed E-state index contributed by atoms with van der Waals surface area (Å²) in [6.07, 6.45) is 0. The summed E-state index contributed by atoms with van der Waals surface area (Å²) in [6, 6.07) is 19.7. The summed E-state index contributed by atoms with van der Waals surface area (Å²) in [5.74, 6) is -1.68. The van der Waals surface area contributed by atoms with Crippen molar-refractivity contribution in [2.75, 3.05) is 13.7 Å². The van der Waals surface area contributed by atoms with Crippen molar-refractivity contribution in [1.29, 1.82) is 0 Å². The van der Waals surface area contributed by atoms with Gasteiger partial charge < -0.3 is 20.2 Å². The highest BCUT2D eigenvalue weighted by Crippen LogP contribution is 2.33. The van der Waals surface area contributed by atoms with E-state index in [0.29, 0.717) is 11.1 Å². The Morgan fingerprint density at radius 1 is 1.06 bits per heavy atom. The lowest BCUT2D eigenvalue weighted by Gasteiger charge is -2.42. The highest BCUT2D eigenvalue weighted by molar-refractivity contribution is 6.45. The Balaban J connectivity index is 1.55. The number of methoxy groups -OCH3 is 1. The molecule has 2 N–H and O–H groups in total. The summed E-state index contributed by atoms with van der Waals surface area (Å²) in [5, 5.41) is 16.7. The number of esters is 1. The number of β-lactam (4-membered cyclic amide) rings is 1. The van der Waals surface area contributed by atoms with Gasteiger partial charge in [0.25, 0.3) is 5.91 Å². The molecule has 1 aliphatic heterocycles. The average Bonchev–Trinajstić information content (AvgIpc) is 2.84. The first-order valence-electron chi connectivity index (χ1n) is 9.99. The number of ether oxygens (including phenoxy) is 1. The minimum Gasteiger partial charge on any atom is -0.467 e. The van der Waals surface area contributed by atoms with E-state index < -0.39 is 29.9 Å². The van der Waals surface area contributed by atoms with E-state index in [1.165, 1.54) is 12.0 Å². The third-order valence-corrected chi connectivity index (χ3v) is 5.48. The molecule has 0 saturated carbocycles. The van der Waals surface area contributed by atoms with E-state index in [0.717, 1.165) is 10.8 Å². The van der Waals surface area contributed by atoms with E-state index >= 15 is 0 Å². The van der Waals surface area contributed by atoms with Crippen LogP contribution in [0.2, 0.25) is 0 Å². The largest absolute Gasteiger partial charge is 0.467 e. The predicted molar refractivity (Wildman–Crippen MR) is 117 cm³/mol. The molecule has 2 atom stereocenters. The van der Waals surface area contributed by atoms with Gasteiger partial charge >= 0.3 is 5.97 Å². The second-order valence-electron chi connectivity index (χ2n) is 7.33. The van der Waals surface area contributed by atoms with Crippen molar-refractivity contribution in [2.24, 2.45) is 5.16 Å². The van der Waals surface area contributed by atoms with E-state index in [2.05, 4.69) is 10.5 Å². The number of carbonyl (C=O) groups is 3. The zero-order chi connectivity index (χ0) is 22.7. The Morgan fingerprint density at radius 3 is 2.44 bits per heavy atom. The first-order chi connectivity index (χ1) is 15.5. The molecule has 1 fully saturated rings. The molecule has 8 heteroatoms. The Morgan fingerprint density at radius 2 is 1.75 bits per heavy atom. The maximum Gasteiger partial charge on any atom is 0.333 e. The third kappa shape index (κ3) is 3.78. The van der Waals surface area contributed by atoms with Crippen LogP contribution >= 0.6 is 0 Å². The number of hydrogen-bond donors (Lipinski definition) is 2. The monoisotopic (exact) mass is 431 g/mol. The first kappa shape index (κ1) is 21.0. The van der Waals surface area contributed by atoms with Crippen LogP contribution in [0.5, 0.6) is 0 Å². The number of fused-ring (bicyclic) bond motifs is 1. The molecule has 3 aromatic carbocycles. The molecule has 1 aliphatic rings. The molecule has 0 aliphatic carbocycles. The molecule has 0 aromatic heterocycles. The molecule has 1 heterocycles. The number of nitrogens with zero attached hydrogens (tertiary/aromatic N) is 2. The van der Waals surface area contributed by atoms with Crippen LogP contribution in [-0.2, 0) is 19.1 Å². The van der Waals surface area contributed by atoms with E-state index in [1.807, 2.05) is 36.4 Å². The van der Waals surface area contributed by atoms with E-state index in [1.54, 1.807) is 36.4 Å². The first-order valence-corrected chi connectivity index (χ1v) is 9.99. The summed E-state index contributed by atoms with van der Waals surface area (Å²) in [7, 11) is 1.27. The van der Waals surface area contributed by atoms with Crippen molar-refractivity contribution in [3.63, 3.8) is 0 Å². The fraction of sp³-hybridized carbons (Fsp3) is 0.167. The van der Waals surface area contributed by atoms with Gasteiger partial charge in [-0.1, -0.05) is 78.0 Å². The Labute approximate surface area is 184 Å². The van der Waals surface area contributed by atoms with Crippen molar-refractivity contribution < 1.29 is 24.3 Å². The molecule has 2 amide bonds. The summed E-state index contributed by atoms with van der Waals surface area (Å²) < 4.78 is 4.98. The highest BCUT2D eigenvalue weighted by atomic mass is 16.5. The summed E-state index contributed by atoms with van der Waals surface area (Å²) >= 11 is 0. The normalized spacial score (nSPS) is 16.9. The standard InChI is InChI=1S/C24H21N3O5/c1-32-24(30)21(18-13-7-11-15-8-5-6-12-17(15)18)27-14-19(23(27)29)25-22(28)20(26-31)16-9-3-2-4-10-16/h2-13,19,21,31H,14H2,1H3,(H,25,28)/b26-20+. The molecule has 162 valence electrons. The second-order valence-corrected chi connectivity index (χ2v) is 7.33. The van der Waals surface area contributed by atoms with Gasteiger partial charge in [-0.2, -0.15) is 0 Å². The summed E-state index contributed by atoms with van der Waals surface area (Å²) in [4.78, 5) is 39.5. The summed E-state index contributed by atoms with van der Waals surface area (Å²) in [6.45, 7) is 0.112. The van der Waals surface area contributed by atoms with Crippen LogP contribution in [0.3, 0.4) is 0 Å². The molecule has 1 saturated heterocycles. The van der Waals surface area contributed by atoms with Crippen LogP contribution in [0.15, 0.2) is 78.0 Å². The number of carbonyl (C=O) groups excluding carboxylic acids is 3. The molecule has 4 rings (SSSR count). The molecule has 2 unspecified atom stereocenters. The minimum atomic E-state index is -0.938. The number of amides is 2. The van der Waals surface area contributed by atoms with Gasteiger partial charge in [0.2, 0.25) is 5.91 Å². The third-order valence-electron chi connectivity index (χ3n) is 5.48. The van der Waals surface area contributed by atoms with Crippen molar-refractivity contribution in [3.8, 4) is 0 Å². The maximum absolute atomic E-state index is 12.9. The van der Waals surface area contributed by atoms with Crippen LogP contribution in [0.4, 0.5) is 0 Å². The zero-order valence-corrected chi connectivity index (χ0v) is 17.3. The number of oxime groups is 1. The highest BCUT2D eigenvalue weighted by Gasteiger charge is 2.46. The van der Waals surface area contributed by atoms with Gasteiger partial charge in [-0.15, -0.1) is 0 Å². The Kier molecular flexibility index (Phi) is 5.85. The van der Waals surface area contributed by atoms with E-state index in [-0.39, 0.29) is 12.3 Å². The lowest BCUT2D eigenvalue weighted by Crippen LogP contribution is -2.66. The second kappa shape index (κ2) is 8.89. The van der Waals surface area contributed by atoms with Crippen molar-refractivity contribution in [1.82, 2.24) is 10.2 Å². The molecule has 0 radical (unpaired) electrons. The van der Waals surface area contributed by atoms with Crippen LogP contribution < -0.4 is 5.32 Å². The average molecular weight is 431 g/mol. The van der Waals surface area contributed by atoms with E-state index in [4.69, 9.17) is 4.74 Å². The van der Waals surface area contributed by atoms with Gasteiger partial charge in [0.1, 0.15) is 6.04 Å². The van der Waals surface area contributed by atoms with E-state index in [9.17, 15) is 19.6 Å². The number of nitrogens with one attached hydrogen (secondary N) is 1. The minimum absolute atomic E-state index is 0.112. The topological polar surface area (TPSA) is 108 Å². The van der Waals surface area contributed by atoms with Crippen molar-refractivity contribution >= 4 is 34.3 Å². The van der Waals surface area contributed by atoms with Crippen LogP contribution in [0.25, 0.3) is 10.8 Å². The number of rotatable bonds is 6. The van der Waals surface area contributed by atoms with Gasteiger partial charge in [0, 0.05) is 5.56 Å². The number of benzene rings is 3. The zero-order valence-electron chi connectivity index (χ0n) is 17.3. The quantitative estimate of drug-likeness (QED) is 0.205. The predicted octanol–water partition coefficient (Wildman–Crippen LogP) is 2.26. The Bertz CT molecular complexity index is 1200. The molecule has 8 nitrogen and oxygen atoms in total. The van der Waals surface area contributed by atoms with Crippen LogP contribution in [0, 0.1) is 0 Å². The smallest absolute Gasteiger partial charge is 0.333 e.